The van der Waals surface area contributed by atoms with Gasteiger partial charge in [0.1, 0.15) is 11.4 Å². The highest BCUT2D eigenvalue weighted by atomic mass is 79.9. The average molecular weight is 620 g/mol. The average Bonchev–Trinajstić information content (AvgIpc) is 2.93. The number of esters is 1. The van der Waals surface area contributed by atoms with Crippen molar-refractivity contribution in [2.75, 3.05) is 25.6 Å². The number of benzene rings is 1. The molecule has 40 heavy (non-hydrogen) atoms. The fourth-order valence-electron chi connectivity index (χ4n) is 4.06. The Morgan fingerprint density at radius 2 is 1.88 bits per heavy atom. The summed E-state index contributed by atoms with van der Waals surface area (Å²) in [5.74, 6) is 1.08. The van der Waals surface area contributed by atoms with E-state index in [4.69, 9.17) is 9.47 Å². The van der Waals surface area contributed by atoms with Crippen LogP contribution in [0, 0.1) is 22.0 Å². The smallest absolute Gasteiger partial charge is 0.337 e. The fraction of sp³-hybridized carbons (Fsp3) is 0.531. The van der Waals surface area contributed by atoms with Crippen LogP contribution < -0.4 is 5.32 Å². The fourth-order valence-corrected chi connectivity index (χ4v) is 4.42. The summed E-state index contributed by atoms with van der Waals surface area (Å²) in [4.78, 5) is 23.3. The summed E-state index contributed by atoms with van der Waals surface area (Å²) in [6, 6.07) is 4.91. The number of methoxy groups -OCH3 is 1. The number of halogens is 1. The molecule has 0 spiro atoms. The molecule has 8 heteroatoms. The van der Waals surface area contributed by atoms with E-state index in [1.165, 1.54) is 18.7 Å². The molecule has 1 aromatic rings. The normalized spacial score (nSPS) is 14.8. The number of anilines is 1. The van der Waals surface area contributed by atoms with Crippen molar-refractivity contribution < 1.29 is 19.2 Å². The third kappa shape index (κ3) is 11.7. The van der Waals surface area contributed by atoms with E-state index in [-0.39, 0.29) is 22.5 Å². The Hall–Kier alpha value is -2.87. The lowest BCUT2D eigenvalue weighted by Crippen LogP contribution is -2.14. The largest absolute Gasteiger partial charge is 0.497 e. The number of carbonyl (C=O) groups excluding carboxylic acids is 1. The van der Waals surface area contributed by atoms with Crippen LogP contribution in [0.5, 0.6) is 0 Å². The van der Waals surface area contributed by atoms with E-state index in [1.807, 2.05) is 26.0 Å². The topological polar surface area (TPSA) is 90.7 Å². The first kappa shape index (κ1) is 35.2. The Morgan fingerprint density at radius 1 is 1.18 bits per heavy atom. The van der Waals surface area contributed by atoms with Gasteiger partial charge in [-0.15, -0.1) is 0 Å². The lowest BCUT2D eigenvalue weighted by Gasteiger charge is -2.22. The summed E-state index contributed by atoms with van der Waals surface area (Å²) in [6.07, 6.45) is 10.3. The summed E-state index contributed by atoms with van der Waals surface area (Å²) in [5.41, 5.74) is 4.32. The minimum absolute atomic E-state index is 0.0672. The highest BCUT2D eigenvalue weighted by Gasteiger charge is 2.18. The number of nitro benzene ring substituents is 1. The summed E-state index contributed by atoms with van der Waals surface area (Å²) >= 11 is 3.39. The lowest BCUT2D eigenvalue weighted by atomic mass is 9.94. The summed E-state index contributed by atoms with van der Waals surface area (Å²) in [6.45, 7) is 15.9. The third-order valence-electron chi connectivity index (χ3n) is 6.81. The second-order valence-electron chi connectivity index (χ2n) is 10.2. The van der Waals surface area contributed by atoms with Gasteiger partial charge in [-0.3, -0.25) is 10.1 Å². The lowest BCUT2D eigenvalue weighted by molar-refractivity contribution is -0.384. The van der Waals surface area contributed by atoms with Crippen LogP contribution in [0.2, 0.25) is 0 Å². The molecule has 2 atom stereocenters. The van der Waals surface area contributed by atoms with Gasteiger partial charge >= 0.3 is 5.97 Å². The standard InChI is InChI=1S/C32H47BrN2O5/c1-9-13-26(32(36)39-8)19-25(7)28(18-22(4)10-2)31(24(6)11-3)40-17-12-14-23(5)21-34-29-20-27(33)15-16-30(29)35(37)38/h13,15-16,18-20,23-24,34H,9-12,14,17,21H2,1-8H3/b22-18+,25-19+,26-13+,31-28?. The molecule has 0 saturated heterocycles. The minimum atomic E-state index is -0.370. The molecule has 0 heterocycles. The van der Waals surface area contributed by atoms with Crippen molar-refractivity contribution in [3.63, 3.8) is 0 Å². The van der Waals surface area contributed by atoms with Crippen molar-refractivity contribution >= 4 is 33.3 Å². The first-order valence-corrected chi connectivity index (χ1v) is 15.0. The van der Waals surface area contributed by atoms with Crippen LogP contribution in [-0.2, 0) is 14.3 Å². The maximum atomic E-state index is 12.3. The monoisotopic (exact) mass is 618 g/mol. The summed E-state index contributed by atoms with van der Waals surface area (Å²) in [5, 5.41) is 14.6. The van der Waals surface area contributed by atoms with E-state index in [1.54, 1.807) is 12.1 Å². The molecule has 0 bridgehead atoms. The van der Waals surface area contributed by atoms with E-state index in [0.717, 1.165) is 53.5 Å². The molecule has 7 nitrogen and oxygen atoms in total. The Balaban J connectivity index is 3.08. The van der Waals surface area contributed by atoms with Gasteiger partial charge in [0.25, 0.3) is 5.69 Å². The molecule has 0 aliphatic heterocycles. The molecule has 0 aromatic heterocycles. The zero-order valence-corrected chi connectivity index (χ0v) is 27.0. The number of nitro groups is 1. The number of rotatable bonds is 17. The van der Waals surface area contributed by atoms with Crippen molar-refractivity contribution in [3.05, 3.63) is 79.1 Å². The zero-order valence-electron chi connectivity index (χ0n) is 25.4. The van der Waals surface area contributed by atoms with E-state index in [0.29, 0.717) is 30.3 Å². The van der Waals surface area contributed by atoms with Gasteiger partial charge in [-0.1, -0.05) is 68.3 Å². The summed E-state index contributed by atoms with van der Waals surface area (Å²) < 4.78 is 12.3. The maximum absolute atomic E-state index is 12.3. The van der Waals surface area contributed by atoms with Crippen molar-refractivity contribution in [2.45, 2.75) is 80.6 Å². The minimum Gasteiger partial charge on any atom is -0.497 e. The number of hydrogen-bond donors (Lipinski definition) is 1. The Labute approximate surface area is 249 Å². The van der Waals surface area contributed by atoms with Crippen molar-refractivity contribution in [3.8, 4) is 0 Å². The quantitative estimate of drug-likeness (QED) is 0.0356. The van der Waals surface area contributed by atoms with Gasteiger partial charge in [-0.25, -0.2) is 4.79 Å². The molecule has 0 aliphatic rings. The Kier molecular flexibility index (Phi) is 16.2. The van der Waals surface area contributed by atoms with Crippen LogP contribution in [0.4, 0.5) is 11.4 Å². The third-order valence-corrected chi connectivity index (χ3v) is 7.30. The maximum Gasteiger partial charge on any atom is 0.337 e. The molecule has 2 unspecified atom stereocenters. The van der Waals surface area contributed by atoms with Crippen molar-refractivity contribution in [2.24, 2.45) is 11.8 Å². The molecule has 222 valence electrons. The van der Waals surface area contributed by atoms with Crippen molar-refractivity contribution in [1.29, 1.82) is 0 Å². The Morgan fingerprint density at radius 3 is 2.45 bits per heavy atom. The second kappa shape index (κ2) is 18.5. The van der Waals surface area contributed by atoms with Crippen LogP contribution in [0.15, 0.2) is 69.0 Å². The van der Waals surface area contributed by atoms with Gasteiger partial charge in [0.05, 0.1) is 24.2 Å². The Bertz CT molecular complexity index is 1120. The number of hydrogen-bond acceptors (Lipinski definition) is 6. The molecule has 1 N–H and O–H groups in total. The SMILES string of the molecule is CC/C=C(\C=C(/C)C(/C=C(\C)CC)=C(OCCCC(C)CNc1cc(Br)ccc1[N+](=O)[O-])C(C)CC)C(=O)OC. The van der Waals surface area contributed by atoms with Gasteiger partial charge < -0.3 is 14.8 Å². The number of allylic oxidation sites excluding steroid dienone is 6. The highest BCUT2D eigenvalue weighted by molar-refractivity contribution is 9.10. The van der Waals surface area contributed by atoms with Crippen LogP contribution >= 0.6 is 15.9 Å². The first-order chi connectivity index (χ1) is 19.0. The second-order valence-corrected chi connectivity index (χ2v) is 11.1. The van der Waals surface area contributed by atoms with Gasteiger partial charge in [-0.05, 0) is 75.7 Å². The van der Waals surface area contributed by atoms with Gasteiger partial charge in [0, 0.05) is 28.6 Å². The highest BCUT2D eigenvalue weighted by Crippen LogP contribution is 2.30. The number of ether oxygens (including phenoxy) is 2. The van der Waals surface area contributed by atoms with Gasteiger partial charge in [0.2, 0.25) is 0 Å². The molecular formula is C32H47BrN2O5. The molecule has 0 saturated carbocycles. The molecular weight excluding hydrogens is 572 g/mol. The molecule has 0 aliphatic carbocycles. The van der Waals surface area contributed by atoms with E-state index in [2.05, 4.69) is 61.9 Å². The first-order valence-electron chi connectivity index (χ1n) is 14.2. The van der Waals surface area contributed by atoms with E-state index >= 15 is 0 Å². The predicted octanol–water partition coefficient (Wildman–Crippen LogP) is 9.31. The number of carbonyl (C=O) groups is 1. The van der Waals surface area contributed by atoms with Crippen molar-refractivity contribution in [1.82, 2.24) is 0 Å². The zero-order chi connectivity index (χ0) is 30.2. The molecule has 1 aromatic carbocycles. The van der Waals surface area contributed by atoms with Gasteiger partial charge in [-0.2, -0.15) is 0 Å². The van der Waals surface area contributed by atoms with Gasteiger partial charge in [0.15, 0.2) is 0 Å². The van der Waals surface area contributed by atoms with E-state index < -0.39 is 0 Å². The molecule has 0 radical (unpaired) electrons. The number of nitrogens with one attached hydrogen (secondary N) is 1. The van der Waals surface area contributed by atoms with Crippen LogP contribution in [-0.4, -0.2) is 31.2 Å². The number of nitrogens with zero attached hydrogens (tertiary/aromatic N) is 1. The van der Waals surface area contributed by atoms with E-state index in [9.17, 15) is 14.9 Å². The molecule has 0 amide bonds. The summed E-state index contributed by atoms with van der Waals surface area (Å²) in [7, 11) is 1.40. The van der Waals surface area contributed by atoms with Crippen LogP contribution in [0.25, 0.3) is 0 Å². The molecule has 0 fully saturated rings. The van der Waals surface area contributed by atoms with Crippen LogP contribution in [0.1, 0.15) is 80.6 Å². The predicted molar refractivity (Wildman–Crippen MR) is 168 cm³/mol. The molecule has 1 rings (SSSR count). The van der Waals surface area contributed by atoms with Crippen LogP contribution in [0.3, 0.4) is 0 Å².